The van der Waals surface area contributed by atoms with Crippen LogP contribution in [0.15, 0.2) is 78.9 Å². The summed E-state index contributed by atoms with van der Waals surface area (Å²) < 4.78 is 0. The Morgan fingerprint density at radius 2 is 1.62 bits per heavy atom. The van der Waals surface area contributed by atoms with Gasteiger partial charge in [-0.3, -0.25) is 9.59 Å². The molecule has 2 amide bonds. The molecule has 2 N–H and O–H groups in total. The average molecular weight is 527 g/mol. The third-order valence-corrected chi connectivity index (χ3v) is 7.59. The minimum atomic E-state index is -0.728. The molecule has 1 heterocycles. The molecule has 1 fully saturated rings. The SMILES string of the molecule is CC(C)(O)CCc1ccc([C@H]2C(C(=O)Nc3cccc(C(C)(C)C)c3)CCCN2C(=O)c2ccccc2)cc1. The van der Waals surface area contributed by atoms with Crippen LogP contribution in [0.25, 0.3) is 0 Å². The first-order valence-electron chi connectivity index (χ1n) is 14.0. The molecule has 206 valence electrons. The number of hydrogen-bond donors (Lipinski definition) is 2. The molecule has 39 heavy (non-hydrogen) atoms. The zero-order valence-corrected chi connectivity index (χ0v) is 23.9. The first-order valence-corrected chi connectivity index (χ1v) is 14.0. The van der Waals surface area contributed by atoms with E-state index in [9.17, 15) is 14.7 Å². The molecular formula is C34H42N2O3. The second-order valence-electron chi connectivity index (χ2n) is 12.4. The Kier molecular flexibility index (Phi) is 8.60. The van der Waals surface area contributed by atoms with E-state index in [0.717, 1.165) is 35.2 Å². The summed E-state index contributed by atoms with van der Waals surface area (Å²) >= 11 is 0. The molecule has 0 aromatic heterocycles. The summed E-state index contributed by atoms with van der Waals surface area (Å²) in [5.74, 6) is -0.506. The molecule has 2 atom stereocenters. The summed E-state index contributed by atoms with van der Waals surface area (Å²) in [6.45, 7) is 10.7. The van der Waals surface area contributed by atoms with E-state index in [1.165, 1.54) is 0 Å². The highest BCUT2D eigenvalue weighted by molar-refractivity contribution is 5.97. The molecule has 3 aromatic carbocycles. The lowest BCUT2D eigenvalue weighted by Gasteiger charge is -2.41. The molecule has 0 spiro atoms. The van der Waals surface area contributed by atoms with Gasteiger partial charge in [-0.15, -0.1) is 0 Å². The van der Waals surface area contributed by atoms with E-state index in [4.69, 9.17) is 0 Å². The van der Waals surface area contributed by atoms with Gasteiger partial charge < -0.3 is 15.3 Å². The maximum Gasteiger partial charge on any atom is 0.254 e. The largest absolute Gasteiger partial charge is 0.390 e. The summed E-state index contributed by atoms with van der Waals surface area (Å²) in [6.07, 6.45) is 2.88. The number of piperidine rings is 1. The number of hydrogen-bond acceptors (Lipinski definition) is 3. The van der Waals surface area contributed by atoms with Gasteiger partial charge in [0.2, 0.25) is 5.91 Å². The Balaban J connectivity index is 1.64. The van der Waals surface area contributed by atoms with Gasteiger partial charge in [0, 0.05) is 17.8 Å². The monoisotopic (exact) mass is 526 g/mol. The average Bonchev–Trinajstić information content (AvgIpc) is 2.91. The number of nitrogens with one attached hydrogen (secondary N) is 1. The molecule has 4 rings (SSSR count). The lowest BCUT2D eigenvalue weighted by atomic mass is 9.82. The number of carbonyl (C=O) groups excluding carboxylic acids is 2. The smallest absolute Gasteiger partial charge is 0.254 e. The lowest BCUT2D eigenvalue weighted by molar-refractivity contribution is -0.123. The van der Waals surface area contributed by atoms with Crippen molar-refractivity contribution in [2.75, 3.05) is 11.9 Å². The number of likely N-dealkylation sites (tertiary alicyclic amines) is 1. The molecule has 1 aliphatic rings. The summed E-state index contributed by atoms with van der Waals surface area (Å²) in [7, 11) is 0. The number of nitrogens with zero attached hydrogens (tertiary/aromatic N) is 1. The van der Waals surface area contributed by atoms with E-state index in [0.29, 0.717) is 24.9 Å². The zero-order valence-electron chi connectivity index (χ0n) is 23.9. The maximum absolute atomic E-state index is 13.8. The van der Waals surface area contributed by atoms with E-state index in [1.54, 1.807) is 0 Å². The number of aliphatic hydroxyl groups is 1. The molecule has 0 bridgehead atoms. The van der Waals surface area contributed by atoms with Gasteiger partial charge >= 0.3 is 0 Å². The number of benzene rings is 3. The van der Waals surface area contributed by atoms with E-state index in [-0.39, 0.29) is 29.2 Å². The van der Waals surface area contributed by atoms with Gasteiger partial charge in [0.05, 0.1) is 17.6 Å². The van der Waals surface area contributed by atoms with Crippen molar-refractivity contribution in [2.24, 2.45) is 5.92 Å². The fraction of sp³-hybridized carbons (Fsp3) is 0.412. The molecule has 1 saturated heterocycles. The third kappa shape index (κ3) is 7.36. The van der Waals surface area contributed by atoms with Crippen LogP contribution in [0.3, 0.4) is 0 Å². The van der Waals surface area contributed by atoms with Gasteiger partial charge in [0.1, 0.15) is 0 Å². The van der Waals surface area contributed by atoms with Crippen LogP contribution in [0.2, 0.25) is 0 Å². The van der Waals surface area contributed by atoms with Crippen molar-refractivity contribution in [2.45, 2.75) is 77.4 Å². The van der Waals surface area contributed by atoms with Crippen molar-refractivity contribution in [1.82, 2.24) is 4.90 Å². The molecule has 1 aliphatic heterocycles. The molecule has 0 saturated carbocycles. The van der Waals surface area contributed by atoms with Crippen LogP contribution in [-0.4, -0.2) is 34.0 Å². The van der Waals surface area contributed by atoms with Crippen LogP contribution in [0.4, 0.5) is 5.69 Å². The van der Waals surface area contributed by atoms with Crippen LogP contribution in [-0.2, 0) is 16.6 Å². The third-order valence-electron chi connectivity index (χ3n) is 7.59. The van der Waals surface area contributed by atoms with E-state index in [2.05, 4.69) is 44.3 Å². The number of anilines is 1. The summed E-state index contributed by atoms with van der Waals surface area (Å²) in [4.78, 5) is 29.4. The van der Waals surface area contributed by atoms with Gasteiger partial charge in [0.15, 0.2) is 0 Å². The Morgan fingerprint density at radius 3 is 2.26 bits per heavy atom. The minimum Gasteiger partial charge on any atom is -0.390 e. The van der Waals surface area contributed by atoms with Crippen LogP contribution in [0.5, 0.6) is 0 Å². The highest BCUT2D eigenvalue weighted by Crippen LogP contribution is 2.38. The maximum atomic E-state index is 13.8. The van der Waals surface area contributed by atoms with Crippen LogP contribution >= 0.6 is 0 Å². The van der Waals surface area contributed by atoms with Crippen molar-refractivity contribution in [3.63, 3.8) is 0 Å². The zero-order chi connectivity index (χ0) is 28.2. The van der Waals surface area contributed by atoms with Gasteiger partial charge in [-0.2, -0.15) is 0 Å². The highest BCUT2D eigenvalue weighted by atomic mass is 16.3. The highest BCUT2D eigenvalue weighted by Gasteiger charge is 2.39. The first kappa shape index (κ1) is 28.6. The summed E-state index contributed by atoms with van der Waals surface area (Å²) in [6, 6.07) is 25.2. The van der Waals surface area contributed by atoms with Crippen LogP contribution < -0.4 is 5.32 Å². The van der Waals surface area contributed by atoms with Crippen molar-refractivity contribution in [3.05, 3.63) is 101 Å². The van der Waals surface area contributed by atoms with E-state index < -0.39 is 5.60 Å². The standard InChI is InChI=1S/C34H42N2O3/c1-33(2,3)27-13-9-14-28(23-27)35-31(37)29-15-10-22-36(32(38)26-11-7-6-8-12-26)30(29)25-18-16-24(17-19-25)20-21-34(4,5)39/h6-9,11-14,16-19,23,29-30,39H,10,15,20-22H2,1-5H3,(H,35,37)/t29?,30-/m0/s1. The second kappa shape index (κ2) is 11.7. The Morgan fingerprint density at radius 1 is 0.923 bits per heavy atom. The number of amides is 2. The van der Waals surface area contributed by atoms with Gasteiger partial charge in [-0.1, -0.05) is 75.4 Å². The minimum absolute atomic E-state index is 0.0278. The van der Waals surface area contributed by atoms with Crippen LogP contribution in [0, 0.1) is 5.92 Å². The molecular weight excluding hydrogens is 484 g/mol. The number of aryl methyl sites for hydroxylation is 1. The molecule has 1 unspecified atom stereocenters. The molecule has 3 aromatic rings. The van der Waals surface area contributed by atoms with Crippen molar-refractivity contribution in [3.8, 4) is 0 Å². The van der Waals surface area contributed by atoms with Crippen molar-refractivity contribution in [1.29, 1.82) is 0 Å². The molecule has 0 aliphatic carbocycles. The number of carbonyl (C=O) groups is 2. The first-order chi connectivity index (χ1) is 18.4. The van der Waals surface area contributed by atoms with E-state index >= 15 is 0 Å². The fourth-order valence-corrected chi connectivity index (χ4v) is 5.29. The summed E-state index contributed by atoms with van der Waals surface area (Å²) in [5.41, 5.74) is 3.88. The summed E-state index contributed by atoms with van der Waals surface area (Å²) in [5, 5.41) is 13.3. The molecule has 5 nitrogen and oxygen atoms in total. The van der Waals surface area contributed by atoms with E-state index in [1.807, 2.05) is 79.4 Å². The van der Waals surface area contributed by atoms with Crippen molar-refractivity contribution < 1.29 is 14.7 Å². The second-order valence-corrected chi connectivity index (χ2v) is 12.4. The predicted octanol–water partition coefficient (Wildman–Crippen LogP) is 6.92. The Labute approximate surface area is 233 Å². The lowest BCUT2D eigenvalue weighted by Crippen LogP contribution is -2.46. The van der Waals surface area contributed by atoms with Gasteiger partial charge in [-0.05, 0) is 85.9 Å². The number of rotatable bonds is 7. The molecule has 0 radical (unpaired) electrons. The van der Waals surface area contributed by atoms with Gasteiger partial charge in [0.25, 0.3) is 5.91 Å². The van der Waals surface area contributed by atoms with Gasteiger partial charge in [-0.25, -0.2) is 0 Å². The van der Waals surface area contributed by atoms with Crippen LogP contribution in [0.1, 0.15) is 87.0 Å². The Bertz CT molecular complexity index is 1270. The van der Waals surface area contributed by atoms with Crippen molar-refractivity contribution >= 4 is 17.5 Å². The fourth-order valence-electron chi connectivity index (χ4n) is 5.29. The normalized spacial score (nSPS) is 18.1. The quantitative estimate of drug-likeness (QED) is 0.351. The molecule has 5 heteroatoms. The topological polar surface area (TPSA) is 69.6 Å². The Hall–Kier alpha value is -3.44. The predicted molar refractivity (Wildman–Crippen MR) is 158 cm³/mol.